The molecule has 1 amide bonds. The van der Waals surface area contributed by atoms with Crippen molar-refractivity contribution in [3.63, 3.8) is 0 Å². The Bertz CT molecular complexity index is 431. The molecular formula is C15H22N2O3. The largest absolute Gasteiger partial charge is 0.490 e. The van der Waals surface area contributed by atoms with Gasteiger partial charge in [-0.15, -0.1) is 0 Å². The summed E-state index contributed by atoms with van der Waals surface area (Å²) in [5, 5.41) is 3.24. The van der Waals surface area contributed by atoms with Gasteiger partial charge in [-0.05, 0) is 19.1 Å². The van der Waals surface area contributed by atoms with Crippen LogP contribution in [0.25, 0.3) is 0 Å². The molecule has 5 nitrogen and oxygen atoms in total. The Balaban J connectivity index is 2.00. The highest BCUT2D eigenvalue weighted by Crippen LogP contribution is 2.20. The topological polar surface area (TPSA) is 50.8 Å². The number of para-hydroxylation sites is 1. The molecule has 0 radical (unpaired) electrons. The van der Waals surface area contributed by atoms with Crippen molar-refractivity contribution in [3.8, 4) is 5.75 Å². The van der Waals surface area contributed by atoms with Gasteiger partial charge in [0, 0.05) is 32.8 Å². The summed E-state index contributed by atoms with van der Waals surface area (Å²) in [6.07, 6.45) is 0. The molecule has 1 aliphatic rings. The van der Waals surface area contributed by atoms with Gasteiger partial charge in [0.15, 0.2) is 0 Å². The van der Waals surface area contributed by atoms with Gasteiger partial charge < -0.3 is 19.7 Å². The number of amides is 1. The van der Waals surface area contributed by atoms with Crippen LogP contribution in [0.5, 0.6) is 5.75 Å². The van der Waals surface area contributed by atoms with E-state index in [1.54, 1.807) is 0 Å². The molecule has 0 atom stereocenters. The number of carbonyl (C=O) groups is 1. The molecule has 0 saturated carbocycles. The number of benzene rings is 1. The zero-order valence-corrected chi connectivity index (χ0v) is 11.9. The summed E-state index contributed by atoms with van der Waals surface area (Å²) in [6.45, 7) is 6.79. The van der Waals surface area contributed by atoms with Crippen molar-refractivity contribution in [2.75, 3.05) is 46.0 Å². The Kier molecular flexibility index (Phi) is 5.83. The highest BCUT2D eigenvalue weighted by molar-refractivity contribution is 5.97. The van der Waals surface area contributed by atoms with Crippen LogP contribution in [0.15, 0.2) is 24.3 Å². The van der Waals surface area contributed by atoms with E-state index in [4.69, 9.17) is 9.47 Å². The van der Waals surface area contributed by atoms with E-state index in [-0.39, 0.29) is 5.91 Å². The fourth-order valence-corrected chi connectivity index (χ4v) is 2.16. The summed E-state index contributed by atoms with van der Waals surface area (Å²) in [5.41, 5.74) is 0.630. The van der Waals surface area contributed by atoms with Crippen LogP contribution < -0.4 is 10.1 Å². The van der Waals surface area contributed by atoms with Gasteiger partial charge in [0.2, 0.25) is 0 Å². The number of nitrogens with one attached hydrogen (secondary N) is 1. The first-order valence-electron chi connectivity index (χ1n) is 7.12. The average molecular weight is 278 g/mol. The van der Waals surface area contributed by atoms with Gasteiger partial charge in [0.1, 0.15) is 12.4 Å². The number of hydrogen-bond acceptors (Lipinski definition) is 4. The van der Waals surface area contributed by atoms with Crippen molar-refractivity contribution in [3.05, 3.63) is 29.8 Å². The van der Waals surface area contributed by atoms with Crippen LogP contribution >= 0.6 is 0 Å². The molecule has 0 aliphatic carbocycles. The molecular weight excluding hydrogens is 256 g/mol. The lowest BCUT2D eigenvalue weighted by atomic mass is 10.1. The quantitative estimate of drug-likeness (QED) is 0.793. The van der Waals surface area contributed by atoms with Crippen molar-refractivity contribution >= 4 is 5.91 Å². The Labute approximate surface area is 119 Å². The van der Waals surface area contributed by atoms with E-state index < -0.39 is 0 Å². The van der Waals surface area contributed by atoms with Gasteiger partial charge in [0.05, 0.1) is 12.2 Å². The number of nitrogens with zero attached hydrogens (tertiary/aromatic N) is 1. The lowest BCUT2D eigenvalue weighted by Gasteiger charge is -2.28. The van der Waals surface area contributed by atoms with Crippen LogP contribution in [0, 0.1) is 0 Å². The maximum absolute atomic E-state index is 12.5. The fraction of sp³-hybridized carbons (Fsp3) is 0.533. The SMILES string of the molecule is CCOCCOc1ccccc1C(=O)N1CCNCC1. The van der Waals surface area contributed by atoms with E-state index in [1.807, 2.05) is 36.1 Å². The van der Waals surface area contributed by atoms with Crippen molar-refractivity contribution < 1.29 is 14.3 Å². The predicted molar refractivity (Wildman–Crippen MR) is 77.2 cm³/mol. The maximum Gasteiger partial charge on any atom is 0.257 e. The van der Waals surface area contributed by atoms with Crippen LogP contribution in [0.3, 0.4) is 0 Å². The van der Waals surface area contributed by atoms with Crippen molar-refractivity contribution in [2.45, 2.75) is 6.92 Å². The Hall–Kier alpha value is -1.59. The van der Waals surface area contributed by atoms with E-state index >= 15 is 0 Å². The minimum atomic E-state index is 0.0403. The lowest BCUT2D eigenvalue weighted by molar-refractivity contribution is 0.0725. The van der Waals surface area contributed by atoms with Crippen molar-refractivity contribution in [2.24, 2.45) is 0 Å². The van der Waals surface area contributed by atoms with Gasteiger partial charge in [-0.1, -0.05) is 12.1 Å². The molecule has 1 aliphatic heterocycles. The molecule has 0 unspecified atom stereocenters. The monoisotopic (exact) mass is 278 g/mol. The number of ether oxygens (including phenoxy) is 2. The Morgan fingerprint density at radius 2 is 2.00 bits per heavy atom. The maximum atomic E-state index is 12.5. The number of carbonyl (C=O) groups excluding carboxylic acids is 1. The summed E-state index contributed by atoms with van der Waals surface area (Å²) in [4.78, 5) is 14.4. The standard InChI is InChI=1S/C15H22N2O3/c1-2-19-11-12-20-14-6-4-3-5-13(14)15(18)17-9-7-16-8-10-17/h3-6,16H,2,7-12H2,1H3. The van der Waals surface area contributed by atoms with Crippen LogP contribution in [-0.2, 0) is 4.74 Å². The molecule has 110 valence electrons. The summed E-state index contributed by atoms with van der Waals surface area (Å²) >= 11 is 0. The summed E-state index contributed by atoms with van der Waals surface area (Å²) in [6, 6.07) is 7.40. The molecule has 0 bridgehead atoms. The van der Waals surface area contributed by atoms with E-state index in [0.29, 0.717) is 31.1 Å². The van der Waals surface area contributed by atoms with Gasteiger partial charge in [-0.25, -0.2) is 0 Å². The zero-order chi connectivity index (χ0) is 14.2. The minimum Gasteiger partial charge on any atom is -0.490 e. The summed E-state index contributed by atoms with van der Waals surface area (Å²) < 4.78 is 10.9. The molecule has 1 saturated heterocycles. The Morgan fingerprint density at radius 3 is 2.75 bits per heavy atom. The van der Waals surface area contributed by atoms with Gasteiger partial charge in [-0.3, -0.25) is 4.79 Å². The van der Waals surface area contributed by atoms with Crippen molar-refractivity contribution in [1.82, 2.24) is 10.2 Å². The van der Waals surface area contributed by atoms with Gasteiger partial charge in [-0.2, -0.15) is 0 Å². The third kappa shape index (κ3) is 3.95. The molecule has 1 aromatic carbocycles. The molecule has 20 heavy (non-hydrogen) atoms. The first kappa shape index (κ1) is 14.8. The predicted octanol–water partition coefficient (Wildman–Crippen LogP) is 1.15. The molecule has 0 aromatic heterocycles. The fourth-order valence-electron chi connectivity index (χ4n) is 2.16. The molecule has 1 heterocycles. The molecule has 1 N–H and O–H groups in total. The Morgan fingerprint density at radius 1 is 1.25 bits per heavy atom. The highest BCUT2D eigenvalue weighted by atomic mass is 16.5. The van der Waals surface area contributed by atoms with Crippen LogP contribution in [-0.4, -0.2) is 56.8 Å². The minimum absolute atomic E-state index is 0.0403. The second-order valence-electron chi connectivity index (χ2n) is 4.58. The third-order valence-electron chi connectivity index (χ3n) is 3.21. The summed E-state index contributed by atoms with van der Waals surface area (Å²) in [5.74, 6) is 0.675. The average Bonchev–Trinajstić information content (AvgIpc) is 2.52. The second-order valence-corrected chi connectivity index (χ2v) is 4.58. The smallest absolute Gasteiger partial charge is 0.257 e. The van der Waals surface area contributed by atoms with Crippen LogP contribution in [0.2, 0.25) is 0 Å². The zero-order valence-electron chi connectivity index (χ0n) is 11.9. The van der Waals surface area contributed by atoms with E-state index in [0.717, 1.165) is 26.2 Å². The molecule has 0 spiro atoms. The second kappa shape index (κ2) is 7.87. The molecule has 1 aromatic rings. The van der Waals surface area contributed by atoms with Crippen molar-refractivity contribution in [1.29, 1.82) is 0 Å². The highest BCUT2D eigenvalue weighted by Gasteiger charge is 2.20. The van der Waals surface area contributed by atoms with Crippen LogP contribution in [0.1, 0.15) is 17.3 Å². The number of rotatable bonds is 6. The third-order valence-corrected chi connectivity index (χ3v) is 3.21. The first-order valence-corrected chi connectivity index (χ1v) is 7.12. The van der Waals surface area contributed by atoms with E-state index in [9.17, 15) is 4.79 Å². The summed E-state index contributed by atoms with van der Waals surface area (Å²) in [7, 11) is 0. The van der Waals surface area contributed by atoms with Crippen LogP contribution in [0.4, 0.5) is 0 Å². The van der Waals surface area contributed by atoms with E-state index in [1.165, 1.54) is 0 Å². The van der Waals surface area contributed by atoms with Gasteiger partial charge >= 0.3 is 0 Å². The first-order chi connectivity index (χ1) is 9.83. The number of piperazine rings is 1. The molecule has 1 fully saturated rings. The lowest BCUT2D eigenvalue weighted by Crippen LogP contribution is -2.46. The molecule has 2 rings (SSSR count). The van der Waals surface area contributed by atoms with E-state index in [2.05, 4.69) is 5.32 Å². The number of hydrogen-bond donors (Lipinski definition) is 1. The molecule has 5 heteroatoms. The normalized spacial score (nSPS) is 15.2. The van der Waals surface area contributed by atoms with Gasteiger partial charge in [0.25, 0.3) is 5.91 Å².